The minimum absolute atomic E-state index is 0.206. The maximum Gasteiger partial charge on any atom is 0.267 e. The van der Waals surface area contributed by atoms with Gasteiger partial charge in [0.15, 0.2) is 0 Å². The third-order valence-electron chi connectivity index (χ3n) is 5.24. The van der Waals surface area contributed by atoms with E-state index in [0.29, 0.717) is 12.2 Å². The molecule has 0 saturated heterocycles. The van der Waals surface area contributed by atoms with Crippen LogP contribution in [0.25, 0.3) is 0 Å². The second-order valence-electron chi connectivity index (χ2n) is 9.88. The Morgan fingerprint density at radius 1 is 0.833 bits per heavy atom. The second-order valence-corrected chi connectivity index (χ2v) is 11.7. The highest BCUT2D eigenvalue weighted by molar-refractivity contribution is 7.90. The Kier molecular flexibility index (Phi) is 5.63. The summed E-state index contributed by atoms with van der Waals surface area (Å²) >= 11 is 0. The third-order valence-corrected chi connectivity index (χ3v) is 6.89. The van der Waals surface area contributed by atoms with E-state index in [1.807, 2.05) is 18.2 Å². The number of aromatic hydroxyl groups is 1. The van der Waals surface area contributed by atoms with Gasteiger partial charge in [0.1, 0.15) is 5.75 Å². The average molecular weight is 426 g/mol. The summed E-state index contributed by atoms with van der Waals surface area (Å²) in [5, 5.41) is 10.9. The molecule has 3 rings (SSSR count). The molecule has 0 fully saturated rings. The van der Waals surface area contributed by atoms with E-state index in [1.54, 1.807) is 42.7 Å². The summed E-state index contributed by atoms with van der Waals surface area (Å²) in [5.41, 5.74) is 3.35. The fraction of sp³-hybridized carbons (Fsp3) is 0.360. The molecule has 0 bridgehead atoms. The van der Waals surface area contributed by atoms with Gasteiger partial charge in [-0.15, -0.1) is 0 Å². The molecule has 1 heterocycles. The van der Waals surface area contributed by atoms with Crippen molar-refractivity contribution in [3.8, 4) is 5.75 Å². The molecule has 3 aromatic rings. The number of aromatic nitrogens is 1. The minimum Gasteiger partial charge on any atom is -0.507 e. The molecule has 1 N–H and O–H groups in total. The normalized spacial score (nSPS) is 12.9. The van der Waals surface area contributed by atoms with Gasteiger partial charge in [-0.1, -0.05) is 71.9 Å². The van der Waals surface area contributed by atoms with E-state index in [1.165, 1.54) is 3.97 Å². The predicted molar refractivity (Wildman–Crippen MR) is 122 cm³/mol. The lowest BCUT2D eigenvalue weighted by molar-refractivity contribution is 0.423. The van der Waals surface area contributed by atoms with Crippen LogP contribution in [-0.4, -0.2) is 17.5 Å². The van der Waals surface area contributed by atoms with Crippen molar-refractivity contribution < 1.29 is 13.5 Å². The van der Waals surface area contributed by atoms with Gasteiger partial charge in [-0.2, -0.15) is 0 Å². The summed E-state index contributed by atoms with van der Waals surface area (Å²) < 4.78 is 27.0. The van der Waals surface area contributed by atoms with Gasteiger partial charge in [0.25, 0.3) is 10.0 Å². The zero-order valence-electron chi connectivity index (χ0n) is 18.6. The highest BCUT2D eigenvalue weighted by Gasteiger charge is 2.26. The predicted octanol–water partition coefficient (Wildman–Crippen LogP) is 5.62. The van der Waals surface area contributed by atoms with Crippen LogP contribution in [0.4, 0.5) is 0 Å². The first kappa shape index (κ1) is 22.2. The molecule has 5 heteroatoms. The number of phenolic OH excluding ortho intramolecular Hbond substituents is 1. The van der Waals surface area contributed by atoms with Crippen molar-refractivity contribution >= 4 is 10.0 Å². The number of rotatable bonds is 4. The quantitative estimate of drug-likeness (QED) is 0.590. The topological polar surface area (TPSA) is 59.3 Å². The SMILES string of the molecule is CC(C)(C)c1cc(Cc2ccn(S(=O)(=O)c3ccccc3)c2)cc(C(C)(C)C)c1O. The van der Waals surface area contributed by atoms with Crippen LogP contribution >= 0.6 is 0 Å². The fourth-order valence-corrected chi connectivity index (χ4v) is 4.80. The molecule has 1 aromatic heterocycles. The molecule has 0 saturated carbocycles. The van der Waals surface area contributed by atoms with Crippen LogP contribution in [0.2, 0.25) is 0 Å². The number of hydrogen-bond acceptors (Lipinski definition) is 3. The summed E-state index contributed by atoms with van der Waals surface area (Å²) in [6.45, 7) is 12.5. The number of benzene rings is 2. The van der Waals surface area contributed by atoms with E-state index in [0.717, 1.165) is 22.3 Å². The molecule has 0 aliphatic heterocycles. The molecule has 0 spiro atoms. The van der Waals surface area contributed by atoms with Crippen LogP contribution in [0.15, 0.2) is 65.8 Å². The minimum atomic E-state index is -3.60. The molecule has 0 atom stereocenters. The molecule has 4 nitrogen and oxygen atoms in total. The summed E-state index contributed by atoms with van der Waals surface area (Å²) in [6.07, 6.45) is 3.85. The third kappa shape index (κ3) is 4.46. The van der Waals surface area contributed by atoms with Gasteiger partial charge in [-0.3, -0.25) is 0 Å². The van der Waals surface area contributed by atoms with Crippen molar-refractivity contribution in [3.05, 3.63) is 83.2 Å². The second kappa shape index (κ2) is 7.62. The number of phenols is 1. The Bertz CT molecular complexity index is 1110. The molecule has 0 aliphatic carbocycles. The zero-order valence-corrected chi connectivity index (χ0v) is 19.4. The van der Waals surface area contributed by atoms with Gasteiger partial charge in [0.05, 0.1) is 4.90 Å². The van der Waals surface area contributed by atoms with Crippen LogP contribution in [0, 0.1) is 0 Å². The largest absolute Gasteiger partial charge is 0.507 e. The zero-order chi connectivity index (χ0) is 22.3. The van der Waals surface area contributed by atoms with Crippen LogP contribution in [0.5, 0.6) is 5.75 Å². The fourth-order valence-electron chi connectivity index (χ4n) is 3.56. The Hall–Kier alpha value is -2.53. The Labute approximate surface area is 180 Å². The summed E-state index contributed by atoms with van der Waals surface area (Å²) in [5.74, 6) is 0.350. The van der Waals surface area contributed by atoms with Gasteiger partial charge in [-0.05, 0) is 57.7 Å². The Morgan fingerprint density at radius 2 is 1.37 bits per heavy atom. The van der Waals surface area contributed by atoms with Crippen molar-refractivity contribution in [2.24, 2.45) is 0 Å². The first-order valence-corrected chi connectivity index (χ1v) is 11.6. The first-order valence-electron chi connectivity index (χ1n) is 10.1. The van der Waals surface area contributed by atoms with E-state index < -0.39 is 10.0 Å². The number of nitrogens with zero attached hydrogens (tertiary/aromatic N) is 1. The Balaban J connectivity index is 2.00. The molecule has 0 unspecified atom stereocenters. The van der Waals surface area contributed by atoms with Crippen LogP contribution in [0.3, 0.4) is 0 Å². The standard InChI is InChI=1S/C25H31NO3S/c1-24(2,3)21-15-19(16-22(23(21)27)25(4,5)6)14-18-12-13-26(17-18)30(28,29)20-10-8-7-9-11-20/h7-13,15-17,27H,14H2,1-6H3. The average Bonchev–Trinajstić information content (AvgIpc) is 3.11. The van der Waals surface area contributed by atoms with Gasteiger partial charge < -0.3 is 5.11 Å². The van der Waals surface area contributed by atoms with E-state index in [9.17, 15) is 13.5 Å². The van der Waals surface area contributed by atoms with E-state index in [4.69, 9.17) is 0 Å². The van der Waals surface area contributed by atoms with Crippen molar-refractivity contribution in [1.82, 2.24) is 3.97 Å². The summed E-state index contributed by atoms with van der Waals surface area (Å²) in [7, 11) is -3.60. The molecule has 0 radical (unpaired) electrons. The van der Waals surface area contributed by atoms with Crippen molar-refractivity contribution in [3.63, 3.8) is 0 Å². The van der Waals surface area contributed by atoms with Gasteiger partial charge in [0, 0.05) is 12.4 Å². The van der Waals surface area contributed by atoms with Gasteiger partial charge in [-0.25, -0.2) is 12.4 Å². The lowest BCUT2D eigenvalue weighted by Crippen LogP contribution is -2.18. The molecular formula is C25H31NO3S. The maximum absolute atomic E-state index is 12.8. The van der Waals surface area contributed by atoms with E-state index >= 15 is 0 Å². The maximum atomic E-state index is 12.8. The van der Waals surface area contributed by atoms with Crippen LogP contribution in [-0.2, 0) is 27.3 Å². The molecule has 160 valence electrons. The molecule has 2 aromatic carbocycles. The highest BCUT2D eigenvalue weighted by atomic mass is 32.2. The van der Waals surface area contributed by atoms with Crippen molar-refractivity contribution in [2.75, 3.05) is 0 Å². The lowest BCUT2D eigenvalue weighted by Gasteiger charge is -2.28. The number of hydrogen-bond donors (Lipinski definition) is 1. The molecule has 30 heavy (non-hydrogen) atoms. The smallest absolute Gasteiger partial charge is 0.267 e. The van der Waals surface area contributed by atoms with E-state index in [2.05, 4.69) is 41.5 Å². The lowest BCUT2D eigenvalue weighted by atomic mass is 9.78. The summed E-state index contributed by atoms with van der Waals surface area (Å²) in [6, 6.07) is 14.3. The van der Waals surface area contributed by atoms with Gasteiger partial charge in [0.2, 0.25) is 0 Å². The van der Waals surface area contributed by atoms with E-state index in [-0.39, 0.29) is 15.7 Å². The Morgan fingerprint density at radius 3 is 1.87 bits per heavy atom. The molecule has 0 aliphatic rings. The first-order chi connectivity index (χ1) is 13.8. The van der Waals surface area contributed by atoms with Crippen molar-refractivity contribution in [2.45, 2.75) is 63.7 Å². The van der Waals surface area contributed by atoms with Crippen molar-refractivity contribution in [1.29, 1.82) is 0 Å². The molecular weight excluding hydrogens is 394 g/mol. The van der Waals surface area contributed by atoms with Crippen LogP contribution < -0.4 is 0 Å². The van der Waals surface area contributed by atoms with Gasteiger partial charge >= 0.3 is 0 Å². The highest BCUT2D eigenvalue weighted by Crippen LogP contribution is 2.40. The molecule has 0 amide bonds. The monoisotopic (exact) mass is 425 g/mol. The van der Waals surface area contributed by atoms with Crippen LogP contribution in [0.1, 0.15) is 63.8 Å². The summed E-state index contributed by atoms with van der Waals surface area (Å²) in [4.78, 5) is 0.266.